The average Bonchev–Trinajstić information content (AvgIpc) is 1.85. The van der Waals surface area contributed by atoms with Crippen LogP contribution >= 0.6 is 0 Å². The molecule has 12 heavy (non-hydrogen) atoms. The molecule has 0 aliphatic carbocycles. The van der Waals surface area contributed by atoms with Gasteiger partial charge >= 0.3 is 29.6 Å². The van der Waals surface area contributed by atoms with Crippen LogP contribution < -0.4 is 34.7 Å². The number of aliphatic hydroxyl groups is 1. The molecule has 60 valence electrons. The summed E-state index contributed by atoms with van der Waals surface area (Å²) >= 11 is 0. The monoisotopic (exact) mass is 174 g/mol. The number of benzene rings is 1. The summed E-state index contributed by atoms with van der Waals surface area (Å²) in [5.74, 6) is 0.00292. The molecule has 0 radical (unpaired) electrons. The van der Waals surface area contributed by atoms with Gasteiger partial charge in [-0.2, -0.15) is 0 Å². The third-order valence-electron chi connectivity index (χ3n) is 1.43. The molecule has 1 atom stereocenters. The first-order chi connectivity index (χ1) is 5.18. The Morgan fingerprint density at radius 2 is 2.17 bits per heavy atom. The zero-order valence-corrected chi connectivity index (χ0v) is 9.45. The number of aliphatic hydroxyl groups excluding tert-OH is 1. The zero-order chi connectivity index (χ0) is 8.27. The largest absolute Gasteiger partial charge is 1.00 e. The van der Waals surface area contributed by atoms with Crippen molar-refractivity contribution in [2.24, 2.45) is 0 Å². The zero-order valence-electron chi connectivity index (χ0n) is 7.45. The van der Waals surface area contributed by atoms with E-state index >= 15 is 0 Å². The van der Waals surface area contributed by atoms with Crippen LogP contribution in [0.15, 0.2) is 24.3 Å². The van der Waals surface area contributed by atoms with Gasteiger partial charge in [0.1, 0.15) is 0 Å². The molecule has 0 bridgehead atoms. The topological polar surface area (TPSA) is 43.3 Å². The van der Waals surface area contributed by atoms with E-state index in [1.807, 2.05) is 6.07 Å². The number of hydrogen-bond donors (Lipinski definition) is 1. The molecule has 0 aliphatic heterocycles. The van der Waals surface area contributed by atoms with E-state index in [1.54, 1.807) is 19.1 Å². The molecule has 0 heterocycles. The molecule has 0 saturated carbocycles. The molecule has 1 unspecified atom stereocenters. The van der Waals surface area contributed by atoms with Gasteiger partial charge in [-0.15, -0.1) is 5.75 Å². The summed E-state index contributed by atoms with van der Waals surface area (Å²) in [6.07, 6.45) is 0.174. The van der Waals surface area contributed by atoms with Crippen molar-refractivity contribution in [1.82, 2.24) is 0 Å². The van der Waals surface area contributed by atoms with Gasteiger partial charge in [0, 0.05) is 0 Å². The van der Waals surface area contributed by atoms with E-state index in [-0.39, 0.29) is 41.4 Å². The summed E-state index contributed by atoms with van der Waals surface area (Å²) in [4.78, 5) is 0. The van der Waals surface area contributed by atoms with Gasteiger partial charge in [-0.3, -0.25) is 0 Å². The molecule has 0 spiro atoms. The molecule has 0 fully saturated rings. The van der Waals surface area contributed by atoms with Crippen LogP contribution in [0.1, 0.15) is 12.5 Å². The Morgan fingerprint density at radius 1 is 1.50 bits per heavy atom. The second-order valence-corrected chi connectivity index (χ2v) is 2.70. The maximum atomic E-state index is 10.8. The predicted octanol–water partition coefficient (Wildman–Crippen LogP) is -2.31. The van der Waals surface area contributed by atoms with E-state index in [0.29, 0.717) is 6.42 Å². The Morgan fingerprint density at radius 3 is 2.67 bits per heavy atom. The second-order valence-electron chi connectivity index (χ2n) is 2.70. The first-order valence-electron chi connectivity index (χ1n) is 3.62. The molecule has 2 nitrogen and oxygen atoms in total. The normalized spacial score (nSPS) is 11.8. The summed E-state index contributed by atoms with van der Waals surface area (Å²) in [6.45, 7) is 1.71. The Hall–Kier alpha value is -0.0200. The summed E-state index contributed by atoms with van der Waals surface area (Å²) < 4.78 is 0. The summed E-state index contributed by atoms with van der Waals surface area (Å²) in [5, 5.41) is 19.8. The van der Waals surface area contributed by atoms with Crippen molar-refractivity contribution < 1.29 is 39.8 Å². The Labute approximate surface area is 94.5 Å². The van der Waals surface area contributed by atoms with Gasteiger partial charge < -0.3 is 10.2 Å². The fourth-order valence-electron chi connectivity index (χ4n) is 1.01. The molecule has 0 aliphatic rings. The van der Waals surface area contributed by atoms with Gasteiger partial charge in [0.2, 0.25) is 0 Å². The van der Waals surface area contributed by atoms with Crippen LogP contribution in [0.5, 0.6) is 5.75 Å². The van der Waals surface area contributed by atoms with E-state index in [0.717, 1.165) is 5.56 Å². The molecular formula is C9H11NaO2. The van der Waals surface area contributed by atoms with Crippen LogP contribution in [0.25, 0.3) is 0 Å². The van der Waals surface area contributed by atoms with Crippen molar-refractivity contribution in [3.63, 3.8) is 0 Å². The predicted molar refractivity (Wildman–Crippen MR) is 41.3 cm³/mol. The second kappa shape index (κ2) is 5.60. The molecular weight excluding hydrogens is 163 g/mol. The number of hydrogen-bond acceptors (Lipinski definition) is 2. The van der Waals surface area contributed by atoms with Crippen LogP contribution in [0.2, 0.25) is 0 Å². The smallest absolute Gasteiger partial charge is 0.872 e. The fourth-order valence-corrected chi connectivity index (χ4v) is 1.01. The van der Waals surface area contributed by atoms with Crippen molar-refractivity contribution in [2.45, 2.75) is 19.4 Å². The van der Waals surface area contributed by atoms with Crippen molar-refractivity contribution >= 4 is 0 Å². The van der Waals surface area contributed by atoms with Gasteiger partial charge in [0.15, 0.2) is 0 Å². The first kappa shape index (κ1) is 12.0. The van der Waals surface area contributed by atoms with Crippen LogP contribution in [-0.4, -0.2) is 11.2 Å². The minimum absolute atomic E-state index is 0. The van der Waals surface area contributed by atoms with Crippen molar-refractivity contribution in [3.05, 3.63) is 29.8 Å². The average molecular weight is 174 g/mol. The molecule has 0 amide bonds. The molecule has 0 saturated heterocycles. The van der Waals surface area contributed by atoms with E-state index in [2.05, 4.69) is 0 Å². The van der Waals surface area contributed by atoms with E-state index < -0.39 is 0 Å². The standard InChI is InChI=1S/C9H12O2.Na/c1-7(10)5-8-3-2-4-9(11)6-8;/h2-4,6-7,10-11H,5H2,1H3;/q;+1/p-1. The van der Waals surface area contributed by atoms with Crippen molar-refractivity contribution in [2.75, 3.05) is 0 Å². The SMILES string of the molecule is CC(O)Cc1cccc([O-])c1.[Na+]. The maximum absolute atomic E-state index is 10.8. The van der Waals surface area contributed by atoms with Crippen LogP contribution in [0.4, 0.5) is 0 Å². The molecule has 1 N–H and O–H groups in total. The van der Waals surface area contributed by atoms with Crippen LogP contribution in [0, 0.1) is 0 Å². The summed E-state index contributed by atoms with van der Waals surface area (Å²) in [7, 11) is 0. The van der Waals surface area contributed by atoms with Crippen LogP contribution in [0.3, 0.4) is 0 Å². The summed E-state index contributed by atoms with van der Waals surface area (Å²) in [6, 6.07) is 6.60. The van der Waals surface area contributed by atoms with Gasteiger partial charge in [0.25, 0.3) is 0 Å². The maximum Gasteiger partial charge on any atom is 1.00 e. The minimum Gasteiger partial charge on any atom is -0.872 e. The third-order valence-corrected chi connectivity index (χ3v) is 1.43. The molecule has 1 rings (SSSR count). The molecule has 0 aromatic heterocycles. The third kappa shape index (κ3) is 4.12. The molecule has 1 aromatic carbocycles. The van der Waals surface area contributed by atoms with Crippen molar-refractivity contribution in [1.29, 1.82) is 0 Å². The van der Waals surface area contributed by atoms with Gasteiger partial charge in [-0.25, -0.2) is 0 Å². The Balaban J connectivity index is 0.00000121. The minimum atomic E-state index is -0.378. The fraction of sp³-hybridized carbons (Fsp3) is 0.333. The van der Waals surface area contributed by atoms with Crippen LogP contribution in [-0.2, 0) is 6.42 Å². The van der Waals surface area contributed by atoms with Crippen molar-refractivity contribution in [3.8, 4) is 5.75 Å². The van der Waals surface area contributed by atoms with E-state index in [9.17, 15) is 5.11 Å². The van der Waals surface area contributed by atoms with E-state index in [1.165, 1.54) is 6.07 Å². The molecule has 3 heteroatoms. The van der Waals surface area contributed by atoms with Gasteiger partial charge in [-0.1, -0.05) is 24.3 Å². The number of rotatable bonds is 2. The molecule has 1 aromatic rings. The Bertz CT molecular complexity index is 236. The van der Waals surface area contributed by atoms with E-state index in [4.69, 9.17) is 5.11 Å². The quantitative estimate of drug-likeness (QED) is 0.512. The van der Waals surface area contributed by atoms with Gasteiger partial charge in [-0.05, 0) is 18.9 Å². The first-order valence-corrected chi connectivity index (χ1v) is 3.62. The van der Waals surface area contributed by atoms with Gasteiger partial charge in [0.05, 0.1) is 6.10 Å². The summed E-state index contributed by atoms with van der Waals surface area (Å²) in [5.41, 5.74) is 0.896. The Kier molecular flexibility index (Phi) is 5.59.